The fourth-order valence-electron chi connectivity index (χ4n) is 4.13. The number of ketones is 1. The predicted molar refractivity (Wildman–Crippen MR) is 99.6 cm³/mol. The molecule has 2 heterocycles. The predicted octanol–water partition coefficient (Wildman–Crippen LogP) is 4.43. The summed E-state index contributed by atoms with van der Waals surface area (Å²) in [6, 6.07) is 0. The van der Waals surface area contributed by atoms with Crippen molar-refractivity contribution >= 4 is 5.78 Å². The van der Waals surface area contributed by atoms with Gasteiger partial charge >= 0.3 is 0 Å². The van der Waals surface area contributed by atoms with Crippen LogP contribution in [0, 0.1) is 0 Å². The van der Waals surface area contributed by atoms with Crippen LogP contribution in [0.3, 0.4) is 0 Å². The second-order valence-electron chi connectivity index (χ2n) is 7.50. The molecule has 0 unspecified atom stereocenters. The van der Waals surface area contributed by atoms with Crippen LogP contribution in [0.25, 0.3) is 0 Å². The first kappa shape index (κ1) is 17.3. The normalized spacial score (nSPS) is 23.0. The summed E-state index contributed by atoms with van der Waals surface area (Å²) in [4.78, 5) is 17.4. The second kappa shape index (κ2) is 8.55. The molecule has 0 spiro atoms. The molecule has 132 valence electrons. The van der Waals surface area contributed by atoms with Crippen LogP contribution in [-0.2, 0) is 4.79 Å². The van der Waals surface area contributed by atoms with E-state index >= 15 is 0 Å². The minimum Gasteiger partial charge on any atom is -0.375 e. The van der Waals surface area contributed by atoms with E-state index in [2.05, 4.69) is 22.8 Å². The summed E-state index contributed by atoms with van der Waals surface area (Å²) in [5.74, 6) is 0.165. The molecule has 1 aliphatic carbocycles. The van der Waals surface area contributed by atoms with Crippen molar-refractivity contribution in [3.63, 3.8) is 0 Å². The minimum atomic E-state index is 0.165. The molecule has 0 aromatic rings. The van der Waals surface area contributed by atoms with Crippen molar-refractivity contribution in [2.24, 2.45) is 0 Å². The molecule has 0 amide bonds. The van der Waals surface area contributed by atoms with E-state index in [4.69, 9.17) is 0 Å². The SMILES string of the molecule is C/C(=C/C(=O)/C=C(\CC1=CCCCC1)N1CCCC1)N1CCCC1. The van der Waals surface area contributed by atoms with Gasteiger partial charge in [0.2, 0.25) is 0 Å². The van der Waals surface area contributed by atoms with Crippen LogP contribution in [0.2, 0.25) is 0 Å². The van der Waals surface area contributed by atoms with Crippen LogP contribution in [0.5, 0.6) is 0 Å². The molecule has 0 aromatic carbocycles. The lowest BCUT2D eigenvalue weighted by atomic mass is 9.95. The molecule has 2 saturated heterocycles. The molecule has 2 fully saturated rings. The van der Waals surface area contributed by atoms with Gasteiger partial charge in [-0.3, -0.25) is 4.79 Å². The molecule has 0 radical (unpaired) electrons. The van der Waals surface area contributed by atoms with Gasteiger partial charge in [0.05, 0.1) is 0 Å². The Labute approximate surface area is 147 Å². The van der Waals surface area contributed by atoms with Gasteiger partial charge in [0, 0.05) is 56.1 Å². The zero-order valence-corrected chi connectivity index (χ0v) is 15.2. The van der Waals surface area contributed by atoms with Crippen molar-refractivity contribution in [1.29, 1.82) is 0 Å². The quantitative estimate of drug-likeness (QED) is 0.532. The third-order valence-corrected chi connectivity index (χ3v) is 5.57. The van der Waals surface area contributed by atoms with E-state index in [0.717, 1.165) is 38.3 Å². The van der Waals surface area contributed by atoms with E-state index in [1.165, 1.54) is 62.6 Å². The van der Waals surface area contributed by atoms with Crippen LogP contribution in [-0.4, -0.2) is 41.8 Å². The first-order chi connectivity index (χ1) is 11.7. The first-order valence-corrected chi connectivity index (χ1v) is 9.83. The zero-order valence-electron chi connectivity index (χ0n) is 15.2. The molecule has 3 aliphatic rings. The molecule has 0 bridgehead atoms. The number of allylic oxidation sites excluding steroid dienone is 5. The number of carbonyl (C=O) groups excluding carboxylic acids is 1. The monoisotopic (exact) mass is 328 g/mol. The van der Waals surface area contributed by atoms with E-state index in [1.54, 1.807) is 0 Å². The van der Waals surface area contributed by atoms with Crippen molar-refractivity contribution in [3.05, 3.63) is 35.2 Å². The molecule has 3 heteroatoms. The first-order valence-electron chi connectivity index (χ1n) is 9.83. The summed E-state index contributed by atoms with van der Waals surface area (Å²) in [7, 11) is 0. The largest absolute Gasteiger partial charge is 0.375 e. The van der Waals surface area contributed by atoms with Crippen LogP contribution in [0.4, 0.5) is 0 Å². The van der Waals surface area contributed by atoms with Crippen molar-refractivity contribution in [2.45, 2.75) is 64.7 Å². The summed E-state index contributed by atoms with van der Waals surface area (Å²) < 4.78 is 0. The highest BCUT2D eigenvalue weighted by Gasteiger charge is 2.18. The van der Waals surface area contributed by atoms with Gasteiger partial charge in [-0.1, -0.05) is 11.6 Å². The fourth-order valence-corrected chi connectivity index (χ4v) is 4.13. The van der Waals surface area contributed by atoms with E-state index in [0.29, 0.717) is 0 Å². The third-order valence-electron chi connectivity index (χ3n) is 5.57. The minimum absolute atomic E-state index is 0.165. The highest BCUT2D eigenvalue weighted by Crippen LogP contribution is 2.27. The summed E-state index contributed by atoms with van der Waals surface area (Å²) in [6.07, 6.45) is 17.2. The summed E-state index contributed by atoms with van der Waals surface area (Å²) >= 11 is 0. The van der Waals surface area contributed by atoms with Gasteiger partial charge in [-0.05, 0) is 58.3 Å². The molecule has 2 aliphatic heterocycles. The number of likely N-dealkylation sites (tertiary alicyclic amines) is 2. The Morgan fingerprint density at radius 3 is 2.25 bits per heavy atom. The zero-order chi connectivity index (χ0) is 16.8. The Morgan fingerprint density at radius 2 is 1.62 bits per heavy atom. The molecule has 24 heavy (non-hydrogen) atoms. The maximum atomic E-state index is 12.6. The molecule has 0 aromatic heterocycles. The van der Waals surface area contributed by atoms with Gasteiger partial charge < -0.3 is 9.80 Å². The molecule has 0 saturated carbocycles. The Balaban J connectivity index is 1.70. The van der Waals surface area contributed by atoms with E-state index in [-0.39, 0.29) is 5.78 Å². The molecular weight excluding hydrogens is 296 g/mol. The number of rotatable bonds is 6. The number of hydrogen-bond acceptors (Lipinski definition) is 3. The van der Waals surface area contributed by atoms with Gasteiger partial charge in [-0.25, -0.2) is 0 Å². The van der Waals surface area contributed by atoms with Crippen LogP contribution in [0.1, 0.15) is 64.7 Å². The smallest absolute Gasteiger partial charge is 0.182 e. The van der Waals surface area contributed by atoms with Gasteiger partial charge in [-0.2, -0.15) is 0 Å². The summed E-state index contributed by atoms with van der Waals surface area (Å²) in [5, 5.41) is 0. The van der Waals surface area contributed by atoms with Crippen LogP contribution < -0.4 is 0 Å². The maximum Gasteiger partial charge on any atom is 0.182 e. The average molecular weight is 329 g/mol. The van der Waals surface area contributed by atoms with Crippen LogP contribution in [0.15, 0.2) is 35.2 Å². The second-order valence-corrected chi connectivity index (χ2v) is 7.50. The topological polar surface area (TPSA) is 23.6 Å². The van der Waals surface area contributed by atoms with Crippen molar-refractivity contribution in [2.75, 3.05) is 26.2 Å². The highest BCUT2D eigenvalue weighted by atomic mass is 16.1. The molecule has 3 rings (SSSR count). The van der Waals surface area contributed by atoms with Gasteiger partial charge in [0.25, 0.3) is 0 Å². The Hall–Kier alpha value is -1.51. The number of nitrogens with zero attached hydrogens (tertiary/aromatic N) is 2. The lowest BCUT2D eigenvalue weighted by Gasteiger charge is -2.24. The number of carbonyl (C=O) groups is 1. The number of hydrogen-bond donors (Lipinski definition) is 0. The van der Waals surface area contributed by atoms with Crippen molar-refractivity contribution in [1.82, 2.24) is 9.80 Å². The van der Waals surface area contributed by atoms with E-state index in [9.17, 15) is 4.79 Å². The summed E-state index contributed by atoms with van der Waals surface area (Å²) in [5.41, 5.74) is 3.91. The lowest BCUT2D eigenvalue weighted by Crippen LogP contribution is -2.21. The van der Waals surface area contributed by atoms with Gasteiger partial charge in [-0.15, -0.1) is 0 Å². The van der Waals surface area contributed by atoms with Crippen molar-refractivity contribution < 1.29 is 4.79 Å². The Kier molecular flexibility index (Phi) is 6.17. The maximum absolute atomic E-state index is 12.6. The summed E-state index contributed by atoms with van der Waals surface area (Å²) in [6.45, 7) is 6.51. The molecule has 0 N–H and O–H groups in total. The van der Waals surface area contributed by atoms with E-state index in [1.807, 2.05) is 12.2 Å². The van der Waals surface area contributed by atoms with Crippen molar-refractivity contribution in [3.8, 4) is 0 Å². The molecule has 3 nitrogen and oxygen atoms in total. The van der Waals surface area contributed by atoms with Gasteiger partial charge in [0.1, 0.15) is 0 Å². The lowest BCUT2D eigenvalue weighted by molar-refractivity contribution is -0.110. The molecule has 0 atom stereocenters. The molecular formula is C21H32N2O. The average Bonchev–Trinajstić information content (AvgIpc) is 3.29. The van der Waals surface area contributed by atoms with E-state index < -0.39 is 0 Å². The standard InChI is InChI=1S/C21H32N2O/c1-18(22-11-5-6-12-22)15-21(24)17-20(23-13-7-8-14-23)16-19-9-3-2-4-10-19/h9,15,17H,2-8,10-14,16H2,1H3/b18-15-,20-17+. The van der Waals surface area contributed by atoms with Gasteiger partial charge in [0.15, 0.2) is 5.78 Å². The van der Waals surface area contributed by atoms with Crippen LogP contribution >= 0.6 is 0 Å². The third kappa shape index (κ3) is 4.75. The Bertz CT molecular complexity index is 532. The fraction of sp³-hybridized carbons (Fsp3) is 0.667. The highest BCUT2D eigenvalue weighted by molar-refractivity contribution is 6.00. The Morgan fingerprint density at radius 1 is 0.958 bits per heavy atom.